The van der Waals surface area contributed by atoms with Crippen molar-refractivity contribution < 1.29 is 14.0 Å². The van der Waals surface area contributed by atoms with Gasteiger partial charge in [0.2, 0.25) is 11.8 Å². The van der Waals surface area contributed by atoms with Gasteiger partial charge in [-0.1, -0.05) is 6.07 Å². The predicted molar refractivity (Wildman–Crippen MR) is 68.6 cm³/mol. The molecule has 0 spiro atoms. The lowest BCUT2D eigenvalue weighted by molar-refractivity contribution is -0.122. The fraction of sp³-hybridized carbons (Fsp3) is 0.385. The lowest BCUT2D eigenvalue weighted by atomic mass is 10.0. The number of halogens is 1. The maximum Gasteiger partial charge on any atom is 0.233 e. The second kappa shape index (κ2) is 5.79. The second-order valence-electron chi connectivity index (χ2n) is 4.49. The molecule has 0 bridgehead atoms. The van der Waals surface area contributed by atoms with Gasteiger partial charge in [-0.05, 0) is 30.5 Å². The summed E-state index contributed by atoms with van der Waals surface area (Å²) in [6.07, 6.45) is 1.78. The van der Waals surface area contributed by atoms with Gasteiger partial charge in [0, 0.05) is 25.1 Å². The summed E-state index contributed by atoms with van der Waals surface area (Å²) in [5.74, 6) is 4.31. The Labute approximate surface area is 110 Å². The molecule has 1 aliphatic rings. The standard InChI is InChI=1S/C13H16FN3O2/c14-10-5-3-9-4-6-13(19)17(11(9)8-10)7-1-2-12(18)16-15/h3,5,8H,1-2,4,6-7,15H2,(H,16,18). The van der Waals surface area contributed by atoms with Gasteiger partial charge >= 0.3 is 0 Å². The molecule has 6 heteroatoms. The molecule has 1 aromatic carbocycles. The van der Waals surface area contributed by atoms with E-state index in [-0.39, 0.29) is 24.1 Å². The van der Waals surface area contributed by atoms with Crippen molar-refractivity contribution in [2.45, 2.75) is 25.7 Å². The number of fused-ring (bicyclic) bond motifs is 1. The maximum atomic E-state index is 13.3. The molecule has 1 aliphatic heterocycles. The Kier molecular flexibility index (Phi) is 4.11. The Morgan fingerprint density at radius 1 is 1.42 bits per heavy atom. The van der Waals surface area contributed by atoms with Crippen molar-refractivity contribution >= 4 is 17.5 Å². The van der Waals surface area contributed by atoms with Gasteiger partial charge < -0.3 is 4.90 Å². The van der Waals surface area contributed by atoms with Crippen molar-refractivity contribution in [1.82, 2.24) is 5.43 Å². The van der Waals surface area contributed by atoms with Gasteiger partial charge in [0.05, 0.1) is 0 Å². The van der Waals surface area contributed by atoms with Crippen LogP contribution in [0.15, 0.2) is 18.2 Å². The summed E-state index contributed by atoms with van der Waals surface area (Å²) in [5.41, 5.74) is 3.62. The normalized spacial score (nSPS) is 14.2. The third-order valence-corrected chi connectivity index (χ3v) is 3.19. The third kappa shape index (κ3) is 3.08. The summed E-state index contributed by atoms with van der Waals surface area (Å²) >= 11 is 0. The zero-order chi connectivity index (χ0) is 13.8. The minimum atomic E-state index is -0.363. The summed E-state index contributed by atoms with van der Waals surface area (Å²) in [7, 11) is 0. The number of nitrogens with two attached hydrogens (primary N) is 1. The predicted octanol–water partition coefficient (Wildman–Crippen LogP) is 0.875. The molecule has 1 heterocycles. The molecule has 0 aliphatic carbocycles. The summed E-state index contributed by atoms with van der Waals surface area (Å²) < 4.78 is 13.3. The van der Waals surface area contributed by atoms with Crippen molar-refractivity contribution in [2.75, 3.05) is 11.4 Å². The number of amides is 2. The Hall–Kier alpha value is -1.95. The molecule has 0 unspecified atom stereocenters. The highest BCUT2D eigenvalue weighted by Crippen LogP contribution is 2.28. The number of aryl methyl sites for hydroxylation is 1. The van der Waals surface area contributed by atoms with Crippen LogP contribution in [0.4, 0.5) is 10.1 Å². The van der Waals surface area contributed by atoms with E-state index in [0.717, 1.165) is 5.56 Å². The zero-order valence-electron chi connectivity index (χ0n) is 10.5. The van der Waals surface area contributed by atoms with E-state index in [2.05, 4.69) is 0 Å². The Balaban J connectivity index is 2.09. The lowest BCUT2D eigenvalue weighted by Gasteiger charge is -2.29. The van der Waals surface area contributed by atoms with Crippen LogP contribution in [0.2, 0.25) is 0 Å². The molecule has 1 aromatic rings. The van der Waals surface area contributed by atoms with E-state index in [1.807, 2.05) is 5.43 Å². The summed E-state index contributed by atoms with van der Waals surface area (Å²) in [6, 6.07) is 4.47. The molecule has 0 saturated carbocycles. The number of carbonyl (C=O) groups excluding carboxylic acids is 2. The molecule has 2 rings (SSSR count). The average Bonchev–Trinajstić information content (AvgIpc) is 2.41. The third-order valence-electron chi connectivity index (χ3n) is 3.19. The highest BCUT2D eigenvalue weighted by molar-refractivity contribution is 5.96. The molecule has 102 valence electrons. The van der Waals surface area contributed by atoms with Gasteiger partial charge in [0.25, 0.3) is 0 Å². The molecule has 0 atom stereocenters. The van der Waals surface area contributed by atoms with Crippen LogP contribution in [0.1, 0.15) is 24.8 Å². The lowest BCUT2D eigenvalue weighted by Crippen LogP contribution is -2.37. The molecule has 5 nitrogen and oxygen atoms in total. The van der Waals surface area contributed by atoms with E-state index >= 15 is 0 Å². The minimum absolute atomic E-state index is 0.0359. The molecule has 3 N–H and O–H groups in total. The van der Waals surface area contributed by atoms with Crippen molar-refractivity contribution in [2.24, 2.45) is 5.84 Å². The minimum Gasteiger partial charge on any atom is -0.312 e. The SMILES string of the molecule is NNC(=O)CCCN1C(=O)CCc2ccc(F)cc21. The average molecular weight is 265 g/mol. The summed E-state index contributed by atoms with van der Waals surface area (Å²) in [5, 5.41) is 0. The molecule has 0 saturated heterocycles. The van der Waals surface area contributed by atoms with E-state index in [1.54, 1.807) is 11.0 Å². The van der Waals surface area contributed by atoms with Gasteiger partial charge in [0.1, 0.15) is 5.82 Å². The number of nitrogens with one attached hydrogen (secondary N) is 1. The largest absolute Gasteiger partial charge is 0.312 e. The topological polar surface area (TPSA) is 75.4 Å². The fourth-order valence-corrected chi connectivity index (χ4v) is 2.23. The van der Waals surface area contributed by atoms with Gasteiger partial charge in [-0.3, -0.25) is 15.0 Å². The molecule has 0 fully saturated rings. The number of hydrogen-bond donors (Lipinski definition) is 2. The van der Waals surface area contributed by atoms with Crippen LogP contribution in [0.5, 0.6) is 0 Å². The first-order chi connectivity index (χ1) is 9.11. The monoisotopic (exact) mass is 265 g/mol. The maximum absolute atomic E-state index is 13.3. The van der Waals surface area contributed by atoms with Gasteiger partial charge in [-0.2, -0.15) is 0 Å². The van der Waals surface area contributed by atoms with Crippen molar-refractivity contribution in [3.05, 3.63) is 29.6 Å². The van der Waals surface area contributed by atoms with Crippen LogP contribution in [0.3, 0.4) is 0 Å². The van der Waals surface area contributed by atoms with E-state index in [0.29, 0.717) is 31.5 Å². The number of nitrogens with zero attached hydrogens (tertiary/aromatic N) is 1. The van der Waals surface area contributed by atoms with Crippen molar-refractivity contribution in [3.63, 3.8) is 0 Å². The summed E-state index contributed by atoms with van der Waals surface area (Å²) in [6.45, 7) is 0.392. The number of hydrogen-bond acceptors (Lipinski definition) is 3. The van der Waals surface area contributed by atoms with E-state index in [1.165, 1.54) is 12.1 Å². The Bertz CT molecular complexity index is 505. The summed E-state index contributed by atoms with van der Waals surface area (Å²) in [4.78, 5) is 24.5. The van der Waals surface area contributed by atoms with Crippen LogP contribution in [-0.2, 0) is 16.0 Å². The second-order valence-corrected chi connectivity index (χ2v) is 4.49. The molecular weight excluding hydrogens is 249 g/mol. The Morgan fingerprint density at radius 3 is 2.95 bits per heavy atom. The van der Waals surface area contributed by atoms with Gasteiger partial charge in [-0.15, -0.1) is 0 Å². The van der Waals surface area contributed by atoms with Crippen LogP contribution in [0.25, 0.3) is 0 Å². The van der Waals surface area contributed by atoms with E-state index in [9.17, 15) is 14.0 Å². The number of rotatable bonds is 4. The first-order valence-electron chi connectivity index (χ1n) is 6.20. The fourth-order valence-electron chi connectivity index (χ4n) is 2.23. The van der Waals surface area contributed by atoms with Gasteiger partial charge in [-0.25, -0.2) is 10.2 Å². The molecule has 19 heavy (non-hydrogen) atoms. The molecule has 0 radical (unpaired) electrons. The Morgan fingerprint density at radius 2 is 2.21 bits per heavy atom. The highest BCUT2D eigenvalue weighted by Gasteiger charge is 2.24. The van der Waals surface area contributed by atoms with Crippen LogP contribution in [-0.4, -0.2) is 18.4 Å². The van der Waals surface area contributed by atoms with Crippen LogP contribution < -0.4 is 16.2 Å². The zero-order valence-corrected chi connectivity index (χ0v) is 10.5. The quantitative estimate of drug-likeness (QED) is 0.482. The van der Waals surface area contributed by atoms with E-state index in [4.69, 9.17) is 5.84 Å². The molecule has 0 aromatic heterocycles. The highest BCUT2D eigenvalue weighted by atomic mass is 19.1. The number of hydrazine groups is 1. The van der Waals surface area contributed by atoms with Crippen molar-refractivity contribution in [3.8, 4) is 0 Å². The first-order valence-corrected chi connectivity index (χ1v) is 6.20. The smallest absolute Gasteiger partial charge is 0.233 e. The van der Waals surface area contributed by atoms with Gasteiger partial charge in [0.15, 0.2) is 0 Å². The van der Waals surface area contributed by atoms with Crippen LogP contribution >= 0.6 is 0 Å². The number of carbonyl (C=O) groups is 2. The van der Waals surface area contributed by atoms with E-state index < -0.39 is 0 Å². The number of benzene rings is 1. The number of anilines is 1. The molecule has 2 amide bonds. The first kappa shape index (κ1) is 13.5. The van der Waals surface area contributed by atoms with Crippen molar-refractivity contribution in [1.29, 1.82) is 0 Å². The molecular formula is C13H16FN3O2. The van der Waals surface area contributed by atoms with Crippen LogP contribution in [0, 0.1) is 5.82 Å².